The van der Waals surface area contributed by atoms with Gasteiger partial charge in [0.1, 0.15) is 11.6 Å². The number of aromatic nitrogens is 1. The maximum absolute atomic E-state index is 13.1. The third-order valence-electron chi connectivity index (χ3n) is 4.66. The van der Waals surface area contributed by atoms with E-state index in [-0.39, 0.29) is 29.5 Å². The van der Waals surface area contributed by atoms with E-state index in [9.17, 15) is 9.18 Å². The molecule has 1 aliphatic rings. The van der Waals surface area contributed by atoms with Crippen LogP contribution in [0.3, 0.4) is 0 Å². The van der Waals surface area contributed by atoms with E-state index in [0.717, 1.165) is 24.3 Å². The quantitative estimate of drug-likeness (QED) is 0.771. The molecule has 0 saturated carbocycles. The molecule has 1 aliphatic heterocycles. The molecular weight excluding hydrogens is 323 g/mol. The summed E-state index contributed by atoms with van der Waals surface area (Å²) < 4.78 is 23.6. The number of ether oxygens (including phenoxy) is 1. The van der Waals surface area contributed by atoms with Crippen molar-refractivity contribution in [2.75, 3.05) is 25.2 Å². The SMILES string of the molecule is COCC(C)(C)c1cc(CC(=O)[C@@H]2CCN2c2ccc(F)cc2)on1. The molecule has 0 unspecified atom stereocenters. The zero-order valence-electron chi connectivity index (χ0n) is 14.8. The number of ketones is 1. The Hall–Kier alpha value is -2.21. The van der Waals surface area contributed by atoms with Crippen LogP contribution in [0, 0.1) is 5.82 Å². The third kappa shape index (κ3) is 3.74. The van der Waals surface area contributed by atoms with Crippen molar-refractivity contribution in [1.29, 1.82) is 0 Å². The summed E-state index contributed by atoms with van der Waals surface area (Å²) in [5.74, 6) is 0.373. The van der Waals surface area contributed by atoms with Gasteiger partial charge >= 0.3 is 0 Å². The molecule has 0 spiro atoms. The van der Waals surface area contributed by atoms with E-state index in [1.54, 1.807) is 19.2 Å². The number of anilines is 1. The predicted molar refractivity (Wildman–Crippen MR) is 92.3 cm³/mol. The second kappa shape index (κ2) is 6.96. The van der Waals surface area contributed by atoms with Crippen molar-refractivity contribution in [3.8, 4) is 0 Å². The number of rotatable bonds is 7. The molecular formula is C19H23FN2O3. The molecule has 1 aromatic carbocycles. The summed E-state index contributed by atoms with van der Waals surface area (Å²) in [5, 5.41) is 4.09. The van der Waals surface area contributed by atoms with Gasteiger partial charge in [-0.05, 0) is 30.7 Å². The number of nitrogens with zero attached hydrogens (tertiary/aromatic N) is 2. The first-order chi connectivity index (χ1) is 11.9. The van der Waals surface area contributed by atoms with Crippen molar-refractivity contribution in [2.45, 2.75) is 38.1 Å². The molecule has 1 atom stereocenters. The lowest BCUT2D eigenvalue weighted by molar-refractivity contribution is -0.121. The summed E-state index contributed by atoms with van der Waals surface area (Å²) in [7, 11) is 1.65. The normalized spacial score (nSPS) is 17.4. The third-order valence-corrected chi connectivity index (χ3v) is 4.66. The molecule has 25 heavy (non-hydrogen) atoms. The van der Waals surface area contributed by atoms with Gasteiger partial charge in [-0.2, -0.15) is 0 Å². The summed E-state index contributed by atoms with van der Waals surface area (Å²) in [6.45, 7) is 5.35. The molecule has 6 heteroatoms. The van der Waals surface area contributed by atoms with Crippen LogP contribution in [0.2, 0.25) is 0 Å². The Morgan fingerprint density at radius 1 is 1.40 bits per heavy atom. The Morgan fingerprint density at radius 2 is 2.12 bits per heavy atom. The van der Waals surface area contributed by atoms with Gasteiger partial charge in [-0.15, -0.1) is 0 Å². The minimum absolute atomic E-state index is 0.0859. The van der Waals surface area contributed by atoms with Gasteiger partial charge in [0.05, 0.1) is 24.8 Å². The zero-order chi connectivity index (χ0) is 18.0. The average Bonchev–Trinajstić information content (AvgIpc) is 2.97. The van der Waals surface area contributed by atoms with E-state index in [1.807, 2.05) is 24.8 Å². The molecule has 3 rings (SSSR count). The maximum atomic E-state index is 13.1. The minimum Gasteiger partial charge on any atom is -0.384 e. The second-order valence-corrected chi connectivity index (χ2v) is 7.11. The van der Waals surface area contributed by atoms with Crippen molar-refractivity contribution in [3.05, 3.63) is 47.6 Å². The first-order valence-electron chi connectivity index (χ1n) is 8.40. The van der Waals surface area contributed by atoms with Gasteiger partial charge in [0.25, 0.3) is 0 Å². The van der Waals surface area contributed by atoms with Crippen molar-refractivity contribution in [1.82, 2.24) is 5.16 Å². The highest BCUT2D eigenvalue weighted by atomic mass is 19.1. The Balaban J connectivity index is 1.65. The highest BCUT2D eigenvalue weighted by Crippen LogP contribution is 2.29. The van der Waals surface area contributed by atoms with Crippen molar-refractivity contribution < 1.29 is 18.4 Å². The summed E-state index contributed by atoms with van der Waals surface area (Å²) in [5.41, 5.74) is 1.38. The number of methoxy groups -OCH3 is 1. The molecule has 0 amide bonds. The molecule has 0 radical (unpaired) electrons. The van der Waals surface area contributed by atoms with E-state index in [1.165, 1.54) is 12.1 Å². The number of halogens is 1. The van der Waals surface area contributed by atoms with E-state index in [0.29, 0.717) is 12.4 Å². The second-order valence-electron chi connectivity index (χ2n) is 7.11. The average molecular weight is 346 g/mol. The lowest BCUT2D eigenvalue weighted by Gasteiger charge is -2.41. The van der Waals surface area contributed by atoms with Crippen LogP contribution in [0.5, 0.6) is 0 Å². The molecule has 0 N–H and O–H groups in total. The monoisotopic (exact) mass is 346 g/mol. The molecule has 134 valence electrons. The van der Waals surface area contributed by atoms with Crippen LogP contribution in [0.1, 0.15) is 31.7 Å². The molecule has 2 heterocycles. The summed E-state index contributed by atoms with van der Waals surface area (Å²) in [6, 6.07) is 7.87. The van der Waals surface area contributed by atoms with Gasteiger partial charge < -0.3 is 14.2 Å². The van der Waals surface area contributed by atoms with E-state index >= 15 is 0 Å². The molecule has 2 aromatic rings. The summed E-state index contributed by atoms with van der Waals surface area (Å²) in [4.78, 5) is 14.6. The first-order valence-corrected chi connectivity index (χ1v) is 8.40. The van der Waals surface area contributed by atoms with Gasteiger partial charge in [0.15, 0.2) is 5.78 Å². The van der Waals surface area contributed by atoms with Crippen molar-refractivity contribution in [3.63, 3.8) is 0 Å². The lowest BCUT2D eigenvalue weighted by atomic mass is 9.89. The van der Waals surface area contributed by atoms with E-state index in [4.69, 9.17) is 9.26 Å². The van der Waals surface area contributed by atoms with Crippen molar-refractivity contribution >= 4 is 11.5 Å². The molecule has 5 nitrogen and oxygen atoms in total. The Morgan fingerprint density at radius 3 is 2.72 bits per heavy atom. The minimum atomic E-state index is -0.278. The first kappa shape index (κ1) is 17.6. The van der Waals surface area contributed by atoms with Crippen LogP contribution >= 0.6 is 0 Å². The Bertz CT molecular complexity index is 739. The van der Waals surface area contributed by atoms with Crippen LogP contribution in [0.15, 0.2) is 34.9 Å². The predicted octanol–water partition coefficient (Wildman–Crippen LogP) is 3.13. The fourth-order valence-corrected chi connectivity index (χ4v) is 3.10. The smallest absolute Gasteiger partial charge is 0.162 e. The highest BCUT2D eigenvalue weighted by Gasteiger charge is 2.35. The van der Waals surface area contributed by atoms with Gasteiger partial charge in [0, 0.05) is 30.8 Å². The number of hydrogen-bond acceptors (Lipinski definition) is 5. The lowest BCUT2D eigenvalue weighted by Crippen LogP contribution is -2.53. The molecule has 1 saturated heterocycles. The van der Waals surface area contributed by atoms with Crippen LogP contribution in [0.4, 0.5) is 10.1 Å². The van der Waals surface area contributed by atoms with Crippen molar-refractivity contribution in [2.24, 2.45) is 0 Å². The van der Waals surface area contributed by atoms with Gasteiger partial charge in [-0.1, -0.05) is 19.0 Å². The van der Waals surface area contributed by atoms with E-state index < -0.39 is 0 Å². The summed E-state index contributed by atoms with van der Waals surface area (Å²) >= 11 is 0. The standard InChI is InChI=1S/C19H23FN2O3/c1-19(2,12-24-3)18-11-15(25-21-18)10-17(23)16-8-9-22(16)14-6-4-13(20)5-7-14/h4-7,11,16H,8-10,12H2,1-3H3/t16-/m0/s1. The van der Waals surface area contributed by atoms with Crippen LogP contribution in [-0.4, -0.2) is 37.2 Å². The highest BCUT2D eigenvalue weighted by molar-refractivity contribution is 5.90. The van der Waals surface area contributed by atoms with Crippen LogP contribution < -0.4 is 4.90 Å². The number of benzene rings is 1. The number of carbonyl (C=O) groups excluding carboxylic acids is 1. The Labute approximate surface area is 146 Å². The molecule has 1 aromatic heterocycles. The van der Waals surface area contributed by atoms with E-state index in [2.05, 4.69) is 5.16 Å². The molecule has 0 aliphatic carbocycles. The summed E-state index contributed by atoms with van der Waals surface area (Å²) in [6.07, 6.45) is 1.00. The number of hydrogen-bond donors (Lipinski definition) is 0. The van der Waals surface area contributed by atoms with Gasteiger partial charge in [-0.25, -0.2) is 4.39 Å². The largest absolute Gasteiger partial charge is 0.384 e. The maximum Gasteiger partial charge on any atom is 0.162 e. The Kier molecular flexibility index (Phi) is 4.90. The molecule has 1 fully saturated rings. The van der Waals surface area contributed by atoms with Gasteiger partial charge in [-0.3, -0.25) is 4.79 Å². The number of carbonyl (C=O) groups is 1. The van der Waals surface area contributed by atoms with Crippen LogP contribution in [0.25, 0.3) is 0 Å². The fraction of sp³-hybridized carbons (Fsp3) is 0.474. The zero-order valence-corrected chi connectivity index (χ0v) is 14.8. The van der Waals surface area contributed by atoms with Crippen LogP contribution in [-0.2, 0) is 21.4 Å². The number of Topliss-reactive ketones (excluding diaryl/α,β-unsaturated/α-hetero) is 1. The molecule has 0 bridgehead atoms. The topological polar surface area (TPSA) is 55.6 Å². The fourth-order valence-electron chi connectivity index (χ4n) is 3.10. The van der Waals surface area contributed by atoms with Gasteiger partial charge in [0.2, 0.25) is 0 Å².